The summed E-state index contributed by atoms with van der Waals surface area (Å²) in [6, 6.07) is 7.82. The summed E-state index contributed by atoms with van der Waals surface area (Å²) >= 11 is 0. The Bertz CT molecular complexity index is 484. The number of rotatable bonds is 4. The molecule has 4 atom stereocenters. The molecule has 2 saturated carbocycles. The highest BCUT2D eigenvalue weighted by Crippen LogP contribution is 2.47. The lowest BCUT2D eigenvalue weighted by Gasteiger charge is -2.27. The molecule has 1 aromatic rings. The van der Waals surface area contributed by atoms with Crippen LogP contribution in [-0.2, 0) is 11.3 Å². The molecule has 4 heteroatoms. The molecule has 108 valence electrons. The van der Waals surface area contributed by atoms with Gasteiger partial charge in [0.2, 0.25) is 5.91 Å². The van der Waals surface area contributed by atoms with E-state index in [1.807, 2.05) is 24.3 Å². The lowest BCUT2D eigenvalue weighted by Crippen LogP contribution is -2.45. The summed E-state index contributed by atoms with van der Waals surface area (Å²) in [5.41, 5.74) is 7.27. The molecular weight excluding hydrogens is 252 g/mol. The minimum absolute atomic E-state index is 0.0204. The number of amides is 1. The second-order valence-electron chi connectivity index (χ2n) is 6.00. The first-order valence-electron chi connectivity index (χ1n) is 7.35. The van der Waals surface area contributed by atoms with Gasteiger partial charge < -0.3 is 15.8 Å². The van der Waals surface area contributed by atoms with Gasteiger partial charge in [0, 0.05) is 12.6 Å². The Morgan fingerprint density at radius 2 is 2.00 bits per heavy atom. The Kier molecular flexibility index (Phi) is 3.66. The predicted octanol–water partition coefficient (Wildman–Crippen LogP) is 1.68. The van der Waals surface area contributed by atoms with Crippen LogP contribution in [0.5, 0.6) is 5.75 Å². The summed E-state index contributed by atoms with van der Waals surface area (Å²) in [4.78, 5) is 12.3. The van der Waals surface area contributed by atoms with Gasteiger partial charge in [0.25, 0.3) is 0 Å². The van der Waals surface area contributed by atoms with Gasteiger partial charge in [0.15, 0.2) is 0 Å². The van der Waals surface area contributed by atoms with Gasteiger partial charge in [-0.1, -0.05) is 12.1 Å². The van der Waals surface area contributed by atoms with Gasteiger partial charge in [-0.3, -0.25) is 4.79 Å². The lowest BCUT2D eigenvalue weighted by atomic mass is 9.84. The number of carbonyl (C=O) groups is 1. The van der Waals surface area contributed by atoms with E-state index in [0.29, 0.717) is 18.4 Å². The highest BCUT2D eigenvalue weighted by atomic mass is 16.5. The molecule has 0 heterocycles. The number of benzene rings is 1. The molecule has 3 N–H and O–H groups in total. The SMILES string of the molecule is COc1ccc(CNC(=O)C2C3CCC(C3)C2N)cc1. The number of nitrogens with one attached hydrogen (secondary N) is 1. The zero-order valence-corrected chi connectivity index (χ0v) is 11.8. The molecule has 0 spiro atoms. The first kappa shape index (κ1) is 13.4. The van der Waals surface area contributed by atoms with E-state index in [4.69, 9.17) is 10.5 Å². The number of methoxy groups -OCH3 is 1. The molecule has 0 aromatic heterocycles. The van der Waals surface area contributed by atoms with Crippen molar-refractivity contribution in [2.24, 2.45) is 23.5 Å². The van der Waals surface area contributed by atoms with Crippen LogP contribution in [0.25, 0.3) is 0 Å². The van der Waals surface area contributed by atoms with E-state index in [1.165, 1.54) is 12.8 Å². The second-order valence-corrected chi connectivity index (χ2v) is 6.00. The Labute approximate surface area is 119 Å². The summed E-state index contributed by atoms with van der Waals surface area (Å²) in [5.74, 6) is 2.05. The van der Waals surface area contributed by atoms with Crippen LogP contribution in [0.2, 0.25) is 0 Å². The number of hydrogen-bond acceptors (Lipinski definition) is 3. The Morgan fingerprint density at radius 3 is 2.60 bits per heavy atom. The normalized spacial score (nSPS) is 31.3. The molecule has 20 heavy (non-hydrogen) atoms. The molecule has 3 rings (SSSR count). The molecule has 1 amide bonds. The molecule has 2 aliphatic rings. The van der Waals surface area contributed by atoms with E-state index in [1.54, 1.807) is 7.11 Å². The third-order valence-corrected chi connectivity index (χ3v) is 4.91. The van der Waals surface area contributed by atoms with Gasteiger partial charge >= 0.3 is 0 Å². The number of nitrogens with two attached hydrogens (primary N) is 1. The zero-order valence-electron chi connectivity index (χ0n) is 11.8. The fraction of sp³-hybridized carbons (Fsp3) is 0.562. The van der Waals surface area contributed by atoms with E-state index in [-0.39, 0.29) is 17.9 Å². The Morgan fingerprint density at radius 1 is 1.30 bits per heavy atom. The number of ether oxygens (including phenoxy) is 1. The molecule has 4 unspecified atom stereocenters. The second kappa shape index (κ2) is 5.44. The molecule has 2 bridgehead atoms. The van der Waals surface area contributed by atoms with Crippen molar-refractivity contribution >= 4 is 5.91 Å². The fourth-order valence-electron chi connectivity index (χ4n) is 3.78. The molecule has 2 fully saturated rings. The van der Waals surface area contributed by atoms with Crippen LogP contribution in [0.3, 0.4) is 0 Å². The molecular formula is C16H22N2O2. The van der Waals surface area contributed by atoms with Gasteiger partial charge in [-0.15, -0.1) is 0 Å². The first-order valence-corrected chi connectivity index (χ1v) is 7.35. The van der Waals surface area contributed by atoms with Gasteiger partial charge in [0.05, 0.1) is 13.0 Å². The number of carbonyl (C=O) groups excluding carboxylic acids is 1. The molecule has 0 aliphatic heterocycles. The van der Waals surface area contributed by atoms with Crippen molar-refractivity contribution in [1.29, 1.82) is 0 Å². The minimum atomic E-state index is 0.0204. The van der Waals surface area contributed by atoms with Crippen molar-refractivity contribution in [2.75, 3.05) is 7.11 Å². The molecule has 1 aromatic carbocycles. The average molecular weight is 274 g/mol. The topological polar surface area (TPSA) is 64.3 Å². The van der Waals surface area contributed by atoms with Gasteiger partial charge in [0.1, 0.15) is 5.75 Å². The molecule has 0 radical (unpaired) electrons. The van der Waals surface area contributed by atoms with E-state index in [2.05, 4.69) is 5.32 Å². The van der Waals surface area contributed by atoms with Crippen LogP contribution in [0.1, 0.15) is 24.8 Å². The monoisotopic (exact) mass is 274 g/mol. The smallest absolute Gasteiger partial charge is 0.225 e. The van der Waals surface area contributed by atoms with Crippen LogP contribution < -0.4 is 15.8 Å². The van der Waals surface area contributed by atoms with Crippen molar-refractivity contribution in [3.05, 3.63) is 29.8 Å². The van der Waals surface area contributed by atoms with Crippen molar-refractivity contribution in [1.82, 2.24) is 5.32 Å². The Balaban J connectivity index is 1.56. The number of fused-ring (bicyclic) bond motifs is 2. The third-order valence-electron chi connectivity index (χ3n) is 4.91. The van der Waals surface area contributed by atoms with Crippen molar-refractivity contribution in [2.45, 2.75) is 31.8 Å². The van der Waals surface area contributed by atoms with Crippen LogP contribution in [-0.4, -0.2) is 19.1 Å². The summed E-state index contributed by atoms with van der Waals surface area (Å²) in [7, 11) is 1.65. The van der Waals surface area contributed by atoms with Crippen LogP contribution in [0, 0.1) is 17.8 Å². The summed E-state index contributed by atoms with van der Waals surface area (Å²) in [6.45, 7) is 0.559. The summed E-state index contributed by atoms with van der Waals surface area (Å²) in [6.07, 6.45) is 3.51. The average Bonchev–Trinajstić information content (AvgIpc) is 3.06. The maximum Gasteiger partial charge on any atom is 0.225 e. The van der Waals surface area contributed by atoms with Gasteiger partial charge in [-0.05, 0) is 48.8 Å². The Hall–Kier alpha value is -1.55. The summed E-state index contributed by atoms with van der Waals surface area (Å²) in [5, 5.41) is 3.03. The van der Waals surface area contributed by atoms with Crippen molar-refractivity contribution < 1.29 is 9.53 Å². The fourth-order valence-corrected chi connectivity index (χ4v) is 3.78. The molecule has 2 aliphatic carbocycles. The third kappa shape index (κ3) is 2.40. The predicted molar refractivity (Wildman–Crippen MR) is 77.1 cm³/mol. The van der Waals surface area contributed by atoms with E-state index in [0.717, 1.165) is 17.7 Å². The van der Waals surface area contributed by atoms with E-state index in [9.17, 15) is 4.79 Å². The zero-order chi connectivity index (χ0) is 14.1. The standard InChI is InChI=1S/C16H22N2O2/c1-20-13-6-2-10(3-7-13)9-18-16(19)14-11-4-5-12(8-11)15(14)17/h2-3,6-7,11-12,14-15H,4-5,8-9,17H2,1H3,(H,18,19). The lowest BCUT2D eigenvalue weighted by molar-refractivity contribution is -0.127. The van der Waals surface area contributed by atoms with Crippen molar-refractivity contribution in [3.8, 4) is 5.75 Å². The molecule has 0 saturated heterocycles. The first-order chi connectivity index (χ1) is 9.69. The number of hydrogen-bond donors (Lipinski definition) is 2. The summed E-state index contributed by atoms with van der Waals surface area (Å²) < 4.78 is 5.12. The largest absolute Gasteiger partial charge is 0.497 e. The van der Waals surface area contributed by atoms with Crippen LogP contribution in [0.15, 0.2) is 24.3 Å². The van der Waals surface area contributed by atoms with E-state index >= 15 is 0 Å². The van der Waals surface area contributed by atoms with Crippen molar-refractivity contribution in [3.63, 3.8) is 0 Å². The van der Waals surface area contributed by atoms with Gasteiger partial charge in [-0.25, -0.2) is 0 Å². The molecule has 4 nitrogen and oxygen atoms in total. The highest BCUT2D eigenvalue weighted by Gasteiger charge is 2.48. The van der Waals surface area contributed by atoms with Gasteiger partial charge in [-0.2, -0.15) is 0 Å². The van der Waals surface area contributed by atoms with Crippen LogP contribution >= 0.6 is 0 Å². The quantitative estimate of drug-likeness (QED) is 0.878. The minimum Gasteiger partial charge on any atom is -0.497 e. The van der Waals surface area contributed by atoms with E-state index < -0.39 is 0 Å². The maximum absolute atomic E-state index is 12.3. The van der Waals surface area contributed by atoms with Crippen LogP contribution in [0.4, 0.5) is 0 Å². The maximum atomic E-state index is 12.3. The highest BCUT2D eigenvalue weighted by molar-refractivity contribution is 5.80.